The molecule has 0 fully saturated rings. The zero-order valence-electron chi connectivity index (χ0n) is 20.4. The van der Waals surface area contributed by atoms with Gasteiger partial charge in [0.1, 0.15) is 22.6 Å². The molecule has 6 nitrogen and oxygen atoms in total. The predicted octanol–water partition coefficient (Wildman–Crippen LogP) is 8.64. The maximum Gasteiger partial charge on any atom is 0.248 e. The van der Waals surface area contributed by atoms with E-state index in [0.29, 0.717) is 48.9 Å². The van der Waals surface area contributed by atoms with Crippen molar-refractivity contribution in [2.75, 3.05) is 5.32 Å². The predicted molar refractivity (Wildman–Crippen MR) is 154 cm³/mol. The van der Waals surface area contributed by atoms with Gasteiger partial charge >= 0.3 is 0 Å². The minimum Gasteiger partial charge on any atom is -0.457 e. The molecule has 0 unspecified atom stereocenters. The number of nitrogens with one attached hydrogen (secondary N) is 1. The fourth-order valence-corrected chi connectivity index (χ4v) is 4.64. The molecule has 2 heterocycles. The van der Waals surface area contributed by atoms with Crippen molar-refractivity contribution in [1.82, 2.24) is 15.0 Å². The number of halogens is 3. The van der Waals surface area contributed by atoms with Crippen LogP contribution in [0.4, 0.5) is 5.69 Å². The van der Waals surface area contributed by atoms with E-state index in [4.69, 9.17) is 39.2 Å². The molecular formula is C29H23Cl3N4O2. The zero-order valence-corrected chi connectivity index (χ0v) is 22.7. The lowest BCUT2D eigenvalue weighted by Crippen LogP contribution is -2.08. The average molecular weight is 566 g/mol. The van der Waals surface area contributed by atoms with Gasteiger partial charge in [-0.2, -0.15) is 4.80 Å². The number of benzene rings is 3. The van der Waals surface area contributed by atoms with Crippen molar-refractivity contribution in [3.05, 3.63) is 99.2 Å². The van der Waals surface area contributed by atoms with Crippen molar-refractivity contribution in [3.63, 3.8) is 0 Å². The number of nitrogens with zero attached hydrogens (tertiary/aromatic N) is 3. The van der Waals surface area contributed by atoms with Crippen LogP contribution in [0.15, 0.2) is 77.2 Å². The van der Waals surface area contributed by atoms with Crippen LogP contribution in [0.2, 0.25) is 15.1 Å². The van der Waals surface area contributed by atoms with Gasteiger partial charge < -0.3 is 9.73 Å². The fraction of sp³-hybridized carbons (Fsp3) is 0.138. The number of carbonyl (C=O) groups excluding carboxylic acids is 1. The minimum atomic E-state index is -0.371. The number of aryl methyl sites for hydroxylation is 1. The summed E-state index contributed by atoms with van der Waals surface area (Å²) in [6.45, 7) is 2.18. The SMILES string of the molecule is CCCCc1ccc(-n2nc3cc(Cl)c(NC(=O)/C=C/c4ccc(-c5ccc(Cl)cc5Cl)o4)cc3n2)cc1. The molecular weight excluding hydrogens is 543 g/mol. The number of unbranched alkanes of at least 4 members (excludes halogenated alkanes) is 1. The number of furan rings is 1. The Morgan fingerprint density at radius 3 is 2.45 bits per heavy atom. The van der Waals surface area contributed by atoms with E-state index in [1.165, 1.54) is 11.6 Å². The molecule has 0 saturated carbocycles. The van der Waals surface area contributed by atoms with Gasteiger partial charge in [-0.25, -0.2) is 0 Å². The molecule has 0 radical (unpaired) electrons. The van der Waals surface area contributed by atoms with Crippen molar-refractivity contribution >= 4 is 63.5 Å². The zero-order chi connectivity index (χ0) is 26.6. The molecule has 0 aliphatic rings. The number of carbonyl (C=O) groups is 1. The lowest BCUT2D eigenvalue weighted by Gasteiger charge is -2.04. The Morgan fingerprint density at radius 2 is 1.71 bits per heavy atom. The topological polar surface area (TPSA) is 73.0 Å². The number of anilines is 1. The second-order valence-electron chi connectivity index (χ2n) is 8.73. The molecule has 5 rings (SSSR count). The molecule has 1 N–H and O–H groups in total. The monoisotopic (exact) mass is 564 g/mol. The van der Waals surface area contributed by atoms with Gasteiger partial charge in [-0.1, -0.05) is 60.3 Å². The van der Waals surface area contributed by atoms with Crippen LogP contribution in [0, 0.1) is 0 Å². The molecule has 0 aliphatic carbocycles. The van der Waals surface area contributed by atoms with Gasteiger partial charge in [0.25, 0.3) is 0 Å². The summed E-state index contributed by atoms with van der Waals surface area (Å²) in [6, 6.07) is 20.3. The second-order valence-corrected chi connectivity index (χ2v) is 9.98. The van der Waals surface area contributed by atoms with E-state index in [1.54, 1.807) is 53.3 Å². The lowest BCUT2D eigenvalue weighted by molar-refractivity contribution is -0.111. The first kappa shape index (κ1) is 26.0. The van der Waals surface area contributed by atoms with Gasteiger partial charge in [-0.15, -0.1) is 10.2 Å². The molecule has 0 spiro atoms. The van der Waals surface area contributed by atoms with Crippen LogP contribution in [0.3, 0.4) is 0 Å². The highest BCUT2D eigenvalue weighted by Crippen LogP contribution is 2.32. The van der Waals surface area contributed by atoms with Crippen molar-refractivity contribution in [2.45, 2.75) is 26.2 Å². The third-order valence-electron chi connectivity index (χ3n) is 5.94. The van der Waals surface area contributed by atoms with Crippen molar-refractivity contribution < 1.29 is 9.21 Å². The van der Waals surface area contributed by atoms with Crippen molar-refractivity contribution in [1.29, 1.82) is 0 Å². The standard InChI is InChI=1S/C29H23Cl3N4O2/c1-2-3-4-18-5-8-20(9-6-18)36-34-26-16-24(32)25(17-27(26)35-36)33-29(37)14-11-21-10-13-28(38-21)22-12-7-19(30)15-23(22)31/h5-17H,2-4H2,1H3,(H,33,37)/b14-11+. The van der Waals surface area contributed by atoms with E-state index >= 15 is 0 Å². The summed E-state index contributed by atoms with van der Waals surface area (Å²) in [4.78, 5) is 14.2. The number of amides is 1. The highest BCUT2D eigenvalue weighted by Gasteiger charge is 2.12. The molecule has 1 amide bonds. The quantitative estimate of drug-likeness (QED) is 0.191. The number of hydrogen-bond acceptors (Lipinski definition) is 4. The third kappa shape index (κ3) is 5.94. The molecule has 0 atom stereocenters. The summed E-state index contributed by atoms with van der Waals surface area (Å²) in [5.74, 6) is 0.689. The Kier molecular flexibility index (Phi) is 7.84. The molecule has 0 aliphatic heterocycles. The van der Waals surface area contributed by atoms with Crippen LogP contribution in [0.1, 0.15) is 31.1 Å². The van der Waals surface area contributed by atoms with Crippen LogP contribution in [-0.4, -0.2) is 20.9 Å². The Hall–Kier alpha value is -3.58. The molecule has 9 heteroatoms. The molecule has 38 heavy (non-hydrogen) atoms. The van der Waals surface area contributed by atoms with E-state index in [2.05, 4.69) is 34.6 Å². The van der Waals surface area contributed by atoms with Gasteiger partial charge in [0.15, 0.2) is 0 Å². The fourth-order valence-electron chi connectivity index (χ4n) is 3.93. The van der Waals surface area contributed by atoms with Crippen LogP contribution in [0.5, 0.6) is 0 Å². The largest absolute Gasteiger partial charge is 0.457 e. The molecule has 2 aromatic heterocycles. The van der Waals surface area contributed by atoms with E-state index in [9.17, 15) is 4.79 Å². The molecule has 192 valence electrons. The maximum absolute atomic E-state index is 12.6. The first-order valence-electron chi connectivity index (χ1n) is 12.1. The normalized spacial score (nSPS) is 11.5. The molecule has 3 aromatic carbocycles. The number of aromatic nitrogens is 3. The van der Waals surface area contributed by atoms with E-state index < -0.39 is 0 Å². The minimum absolute atomic E-state index is 0.360. The lowest BCUT2D eigenvalue weighted by atomic mass is 10.1. The smallest absolute Gasteiger partial charge is 0.248 e. The van der Waals surface area contributed by atoms with Gasteiger partial charge in [-0.05, 0) is 79.1 Å². The summed E-state index contributed by atoms with van der Waals surface area (Å²) in [5, 5.41) is 13.3. The first-order chi connectivity index (χ1) is 18.4. The number of rotatable bonds is 8. The molecule has 5 aromatic rings. The first-order valence-corrected chi connectivity index (χ1v) is 13.2. The summed E-state index contributed by atoms with van der Waals surface area (Å²) < 4.78 is 5.80. The van der Waals surface area contributed by atoms with Crippen LogP contribution in [0.25, 0.3) is 34.1 Å². The second kappa shape index (κ2) is 11.4. The number of hydrogen-bond donors (Lipinski definition) is 1. The summed E-state index contributed by atoms with van der Waals surface area (Å²) >= 11 is 18.6. The average Bonchev–Trinajstić information content (AvgIpc) is 3.54. The Morgan fingerprint density at radius 1 is 0.947 bits per heavy atom. The van der Waals surface area contributed by atoms with Crippen molar-refractivity contribution in [3.8, 4) is 17.0 Å². The van der Waals surface area contributed by atoms with Crippen LogP contribution < -0.4 is 5.32 Å². The van der Waals surface area contributed by atoms with Gasteiger partial charge in [0.2, 0.25) is 5.91 Å². The molecule has 0 saturated heterocycles. The molecule has 0 bridgehead atoms. The Labute approximate surface area is 234 Å². The van der Waals surface area contributed by atoms with Gasteiger partial charge in [-0.3, -0.25) is 4.79 Å². The third-order valence-corrected chi connectivity index (χ3v) is 6.80. The van der Waals surface area contributed by atoms with Gasteiger partial charge in [0.05, 0.1) is 21.4 Å². The summed E-state index contributed by atoms with van der Waals surface area (Å²) in [7, 11) is 0. The van der Waals surface area contributed by atoms with Crippen molar-refractivity contribution in [2.24, 2.45) is 0 Å². The van der Waals surface area contributed by atoms with Gasteiger partial charge in [0, 0.05) is 16.7 Å². The van der Waals surface area contributed by atoms with E-state index in [0.717, 1.165) is 24.9 Å². The number of fused-ring (bicyclic) bond motifs is 1. The Bertz CT molecular complexity index is 1640. The summed E-state index contributed by atoms with van der Waals surface area (Å²) in [5.41, 5.74) is 4.52. The highest BCUT2D eigenvalue weighted by molar-refractivity contribution is 6.36. The highest BCUT2D eigenvalue weighted by atomic mass is 35.5. The maximum atomic E-state index is 12.6. The van der Waals surface area contributed by atoms with E-state index in [1.807, 2.05) is 12.1 Å². The van der Waals surface area contributed by atoms with Crippen LogP contribution >= 0.6 is 34.8 Å². The van der Waals surface area contributed by atoms with Crippen LogP contribution in [-0.2, 0) is 11.2 Å². The summed E-state index contributed by atoms with van der Waals surface area (Å²) in [6.07, 6.45) is 6.30. The Balaban J connectivity index is 1.28. The van der Waals surface area contributed by atoms with E-state index in [-0.39, 0.29) is 5.91 Å².